The highest BCUT2D eigenvalue weighted by molar-refractivity contribution is 5.80. The average Bonchev–Trinajstić information content (AvgIpc) is 2.32. The first-order valence-electron chi connectivity index (χ1n) is 7.14. The molecule has 0 spiro atoms. The second-order valence-electron chi connectivity index (χ2n) is 5.64. The van der Waals surface area contributed by atoms with Crippen molar-refractivity contribution in [3.8, 4) is 0 Å². The largest absolute Gasteiger partial charge is 0.353 e. The van der Waals surface area contributed by atoms with Gasteiger partial charge in [-0.2, -0.15) is 0 Å². The Morgan fingerprint density at radius 1 is 1.44 bits per heavy atom. The molecular weight excluding hydrogens is 228 g/mol. The fourth-order valence-electron chi connectivity index (χ4n) is 3.58. The van der Waals surface area contributed by atoms with Crippen molar-refractivity contribution < 1.29 is 9.59 Å². The van der Waals surface area contributed by atoms with Gasteiger partial charge in [0.25, 0.3) is 0 Å². The van der Waals surface area contributed by atoms with Gasteiger partial charge >= 0.3 is 0 Å². The van der Waals surface area contributed by atoms with Gasteiger partial charge in [0, 0.05) is 44.3 Å². The molecule has 0 unspecified atom stereocenters. The Balaban J connectivity index is 2.08. The molecule has 102 valence electrons. The van der Waals surface area contributed by atoms with Crippen LogP contribution in [0.1, 0.15) is 46.0 Å². The Kier molecular flexibility index (Phi) is 4.38. The minimum atomic E-state index is 0.0284. The number of rotatable bonds is 3. The summed E-state index contributed by atoms with van der Waals surface area (Å²) in [5, 5.41) is 3.05. The maximum Gasteiger partial charge on any atom is 0.217 e. The van der Waals surface area contributed by atoms with Crippen LogP contribution in [0, 0.1) is 5.92 Å². The summed E-state index contributed by atoms with van der Waals surface area (Å²) in [5.41, 5.74) is 0. The van der Waals surface area contributed by atoms with Crippen molar-refractivity contribution in [3.63, 3.8) is 0 Å². The number of amides is 1. The molecule has 1 amide bonds. The van der Waals surface area contributed by atoms with E-state index in [-0.39, 0.29) is 11.9 Å². The van der Waals surface area contributed by atoms with Crippen molar-refractivity contribution in [2.75, 3.05) is 13.1 Å². The van der Waals surface area contributed by atoms with Crippen LogP contribution in [0.15, 0.2) is 0 Å². The number of likely N-dealkylation sites (tertiary alicyclic amines) is 1. The van der Waals surface area contributed by atoms with Gasteiger partial charge in [-0.25, -0.2) is 0 Å². The van der Waals surface area contributed by atoms with E-state index in [4.69, 9.17) is 0 Å². The predicted molar refractivity (Wildman–Crippen MR) is 70.2 cm³/mol. The second kappa shape index (κ2) is 5.83. The fourth-order valence-corrected chi connectivity index (χ4v) is 3.58. The highest BCUT2D eigenvalue weighted by atomic mass is 16.1. The van der Waals surface area contributed by atoms with Crippen LogP contribution >= 0.6 is 0 Å². The smallest absolute Gasteiger partial charge is 0.217 e. The molecule has 1 aliphatic heterocycles. The van der Waals surface area contributed by atoms with Gasteiger partial charge in [0.2, 0.25) is 5.91 Å². The van der Waals surface area contributed by atoms with Crippen molar-refractivity contribution in [1.82, 2.24) is 10.2 Å². The third kappa shape index (κ3) is 2.91. The van der Waals surface area contributed by atoms with Gasteiger partial charge in [-0.05, 0) is 25.8 Å². The second-order valence-corrected chi connectivity index (χ2v) is 5.64. The lowest BCUT2D eigenvalue weighted by atomic mass is 9.74. The van der Waals surface area contributed by atoms with Crippen LogP contribution in [0.25, 0.3) is 0 Å². The summed E-state index contributed by atoms with van der Waals surface area (Å²) < 4.78 is 0. The zero-order valence-electron chi connectivity index (χ0n) is 11.4. The number of ketones is 1. The van der Waals surface area contributed by atoms with E-state index in [0.717, 1.165) is 32.4 Å². The lowest BCUT2D eigenvalue weighted by Crippen LogP contribution is -2.58. The van der Waals surface area contributed by atoms with E-state index >= 15 is 0 Å². The maximum absolute atomic E-state index is 11.7. The quantitative estimate of drug-likeness (QED) is 0.824. The molecule has 1 saturated carbocycles. The Hall–Kier alpha value is -0.900. The van der Waals surface area contributed by atoms with E-state index in [1.807, 2.05) is 0 Å². The number of hydrogen-bond acceptors (Lipinski definition) is 3. The van der Waals surface area contributed by atoms with Crippen LogP contribution in [0.2, 0.25) is 0 Å². The summed E-state index contributed by atoms with van der Waals surface area (Å²) in [5.74, 6) is 0.723. The van der Waals surface area contributed by atoms with Gasteiger partial charge in [0.1, 0.15) is 5.78 Å². The van der Waals surface area contributed by atoms with E-state index in [9.17, 15) is 9.59 Å². The average molecular weight is 252 g/mol. The number of fused-ring (bicyclic) bond motifs is 1. The zero-order valence-corrected chi connectivity index (χ0v) is 11.4. The van der Waals surface area contributed by atoms with Gasteiger partial charge in [-0.15, -0.1) is 0 Å². The van der Waals surface area contributed by atoms with Crippen LogP contribution in [0.5, 0.6) is 0 Å². The summed E-state index contributed by atoms with van der Waals surface area (Å²) in [6.07, 6.45) is 4.47. The Labute approximate surface area is 109 Å². The summed E-state index contributed by atoms with van der Waals surface area (Å²) in [7, 11) is 0. The first kappa shape index (κ1) is 13.5. The molecule has 0 aromatic rings. The molecule has 2 rings (SSSR count). The third-order valence-corrected chi connectivity index (χ3v) is 4.29. The molecule has 0 bridgehead atoms. The van der Waals surface area contributed by atoms with Gasteiger partial charge in [0.15, 0.2) is 0 Å². The van der Waals surface area contributed by atoms with Crippen LogP contribution < -0.4 is 5.32 Å². The first-order chi connectivity index (χ1) is 8.61. The number of hydrogen-bond donors (Lipinski definition) is 1. The molecular formula is C14H24N2O2. The van der Waals surface area contributed by atoms with Crippen LogP contribution in [0.3, 0.4) is 0 Å². The SMILES string of the molecule is CCCN1CC[C@H](NC(C)=O)[C@H]2CC(=O)CC[C@@H]21. The number of carbonyl (C=O) groups excluding carboxylic acids is 2. The van der Waals surface area contributed by atoms with Crippen molar-refractivity contribution in [1.29, 1.82) is 0 Å². The number of nitrogens with one attached hydrogen (secondary N) is 1. The van der Waals surface area contributed by atoms with E-state index in [0.29, 0.717) is 30.6 Å². The Bertz CT molecular complexity index is 330. The molecule has 0 aromatic carbocycles. The molecule has 1 N–H and O–H groups in total. The van der Waals surface area contributed by atoms with Crippen LogP contribution in [-0.4, -0.2) is 41.8 Å². The summed E-state index contributed by atoms with van der Waals surface area (Å²) in [6.45, 7) is 5.93. The lowest BCUT2D eigenvalue weighted by molar-refractivity contribution is -0.127. The number of piperidine rings is 1. The van der Waals surface area contributed by atoms with E-state index in [2.05, 4.69) is 17.1 Å². The molecule has 0 radical (unpaired) electrons. The molecule has 2 aliphatic rings. The molecule has 1 heterocycles. The minimum Gasteiger partial charge on any atom is -0.353 e. The molecule has 2 fully saturated rings. The summed E-state index contributed by atoms with van der Waals surface area (Å²) in [6, 6.07) is 0.693. The van der Waals surface area contributed by atoms with Crippen LogP contribution in [-0.2, 0) is 9.59 Å². The van der Waals surface area contributed by atoms with Crippen molar-refractivity contribution in [2.45, 2.75) is 58.0 Å². The molecule has 18 heavy (non-hydrogen) atoms. The summed E-state index contributed by atoms with van der Waals surface area (Å²) in [4.78, 5) is 25.5. The standard InChI is InChI=1S/C14H24N2O2/c1-3-7-16-8-6-13(15-10(2)17)12-9-11(18)4-5-14(12)16/h12-14H,3-9H2,1-2H3,(H,15,17)/t12-,13+,14+/m1/s1. The monoisotopic (exact) mass is 252 g/mol. The zero-order chi connectivity index (χ0) is 13.1. The van der Waals surface area contributed by atoms with Crippen LogP contribution in [0.4, 0.5) is 0 Å². The lowest BCUT2D eigenvalue weighted by Gasteiger charge is -2.47. The Morgan fingerprint density at radius 2 is 2.22 bits per heavy atom. The normalized spacial score (nSPS) is 33.0. The summed E-state index contributed by atoms with van der Waals surface area (Å²) >= 11 is 0. The highest BCUT2D eigenvalue weighted by Gasteiger charge is 2.41. The van der Waals surface area contributed by atoms with E-state index in [1.54, 1.807) is 6.92 Å². The number of carbonyl (C=O) groups is 2. The van der Waals surface area contributed by atoms with E-state index < -0.39 is 0 Å². The van der Waals surface area contributed by atoms with E-state index in [1.165, 1.54) is 0 Å². The van der Waals surface area contributed by atoms with Crippen molar-refractivity contribution >= 4 is 11.7 Å². The predicted octanol–water partition coefficient (Wildman–Crippen LogP) is 1.34. The molecule has 1 aliphatic carbocycles. The number of nitrogens with zero attached hydrogens (tertiary/aromatic N) is 1. The topological polar surface area (TPSA) is 49.4 Å². The first-order valence-corrected chi connectivity index (χ1v) is 7.14. The van der Waals surface area contributed by atoms with Gasteiger partial charge in [0.05, 0.1) is 0 Å². The molecule has 1 saturated heterocycles. The maximum atomic E-state index is 11.7. The van der Waals surface area contributed by atoms with Gasteiger partial charge < -0.3 is 5.32 Å². The molecule has 0 aromatic heterocycles. The van der Waals surface area contributed by atoms with Crippen molar-refractivity contribution in [3.05, 3.63) is 0 Å². The Morgan fingerprint density at radius 3 is 2.89 bits per heavy atom. The molecule has 4 heteroatoms. The molecule has 3 atom stereocenters. The third-order valence-electron chi connectivity index (χ3n) is 4.29. The highest BCUT2D eigenvalue weighted by Crippen LogP contribution is 2.34. The van der Waals surface area contributed by atoms with Crippen molar-refractivity contribution in [2.24, 2.45) is 5.92 Å². The molecule has 4 nitrogen and oxygen atoms in total. The van der Waals surface area contributed by atoms with Gasteiger partial charge in [-0.1, -0.05) is 6.92 Å². The van der Waals surface area contributed by atoms with Gasteiger partial charge in [-0.3, -0.25) is 14.5 Å². The fraction of sp³-hybridized carbons (Fsp3) is 0.857. The minimum absolute atomic E-state index is 0.0284. The number of Topliss-reactive ketones (excluding diaryl/α,β-unsaturated/α-hetero) is 1.